The molecule has 0 bridgehead atoms. The molecule has 0 atom stereocenters. The average molecular weight is 353 g/mol. The SMILES string of the molecule is Cc1nnc2sc(COc3ccc(Br)cc3)nn2c1=O. The van der Waals surface area contributed by atoms with Crippen molar-refractivity contribution in [2.24, 2.45) is 0 Å². The first kappa shape index (κ1) is 13.2. The van der Waals surface area contributed by atoms with Gasteiger partial charge in [0.15, 0.2) is 5.01 Å². The molecule has 6 nitrogen and oxygen atoms in total. The number of hydrogen-bond donors (Lipinski definition) is 0. The standard InChI is InChI=1S/C12H9BrN4O2S/c1-7-11(18)17-12(15-14-7)20-10(16-17)6-19-9-4-2-8(13)3-5-9/h2-5H,6H2,1H3. The van der Waals surface area contributed by atoms with Gasteiger partial charge in [-0.25, -0.2) is 0 Å². The smallest absolute Gasteiger partial charge is 0.296 e. The van der Waals surface area contributed by atoms with Crippen LogP contribution < -0.4 is 10.3 Å². The number of aromatic nitrogens is 4. The lowest BCUT2D eigenvalue weighted by molar-refractivity contribution is 0.304. The van der Waals surface area contributed by atoms with Gasteiger partial charge in [-0.3, -0.25) is 4.79 Å². The summed E-state index contributed by atoms with van der Waals surface area (Å²) in [6, 6.07) is 7.50. The molecule has 0 spiro atoms. The fraction of sp³-hybridized carbons (Fsp3) is 0.167. The highest BCUT2D eigenvalue weighted by Crippen LogP contribution is 2.18. The van der Waals surface area contributed by atoms with E-state index in [0.29, 0.717) is 15.7 Å². The molecular formula is C12H9BrN4O2S. The van der Waals surface area contributed by atoms with Crippen molar-refractivity contribution in [3.8, 4) is 5.75 Å². The summed E-state index contributed by atoms with van der Waals surface area (Å²) in [6.45, 7) is 1.90. The van der Waals surface area contributed by atoms with Crippen molar-refractivity contribution in [3.05, 3.63) is 49.8 Å². The summed E-state index contributed by atoms with van der Waals surface area (Å²) in [5.74, 6) is 0.738. The van der Waals surface area contributed by atoms with Crippen LogP contribution in [0.15, 0.2) is 33.5 Å². The summed E-state index contributed by atoms with van der Waals surface area (Å²) < 4.78 is 7.86. The highest BCUT2D eigenvalue weighted by Gasteiger charge is 2.09. The number of benzene rings is 1. The molecule has 2 heterocycles. The molecule has 0 radical (unpaired) electrons. The molecular weight excluding hydrogens is 344 g/mol. The van der Waals surface area contributed by atoms with E-state index in [1.54, 1.807) is 6.92 Å². The second-order valence-corrected chi connectivity index (χ2v) is 5.98. The molecule has 0 aliphatic carbocycles. The van der Waals surface area contributed by atoms with Crippen molar-refractivity contribution in [1.82, 2.24) is 19.8 Å². The molecule has 20 heavy (non-hydrogen) atoms. The van der Waals surface area contributed by atoms with Gasteiger partial charge in [-0.2, -0.15) is 9.61 Å². The second-order valence-electron chi connectivity index (χ2n) is 4.02. The van der Waals surface area contributed by atoms with E-state index in [9.17, 15) is 4.79 Å². The van der Waals surface area contributed by atoms with Crippen molar-refractivity contribution in [2.45, 2.75) is 13.5 Å². The van der Waals surface area contributed by atoms with E-state index in [-0.39, 0.29) is 12.2 Å². The van der Waals surface area contributed by atoms with E-state index in [1.807, 2.05) is 24.3 Å². The van der Waals surface area contributed by atoms with Crippen LogP contribution in [0.25, 0.3) is 4.96 Å². The minimum absolute atomic E-state index is 0.249. The minimum Gasteiger partial charge on any atom is -0.486 e. The molecule has 0 saturated heterocycles. The molecule has 0 fully saturated rings. The molecule has 1 aromatic carbocycles. The molecule has 3 aromatic rings. The zero-order chi connectivity index (χ0) is 14.1. The van der Waals surface area contributed by atoms with Gasteiger partial charge in [0.1, 0.15) is 18.1 Å². The molecule has 0 aliphatic heterocycles. The average Bonchev–Trinajstić information content (AvgIpc) is 2.86. The summed E-state index contributed by atoms with van der Waals surface area (Å²) in [5.41, 5.74) is 0.0781. The first-order valence-electron chi connectivity index (χ1n) is 5.74. The second kappa shape index (κ2) is 5.29. The largest absolute Gasteiger partial charge is 0.486 e. The summed E-state index contributed by atoms with van der Waals surface area (Å²) in [7, 11) is 0. The fourth-order valence-corrected chi connectivity index (χ4v) is 2.57. The Labute approximate surface area is 126 Å². The first-order chi connectivity index (χ1) is 9.63. The minimum atomic E-state index is -0.249. The van der Waals surface area contributed by atoms with Crippen molar-refractivity contribution in [3.63, 3.8) is 0 Å². The van der Waals surface area contributed by atoms with Crippen LogP contribution in [-0.4, -0.2) is 19.8 Å². The quantitative estimate of drug-likeness (QED) is 0.722. The van der Waals surface area contributed by atoms with Gasteiger partial charge in [-0.1, -0.05) is 27.3 Å². The highest BCUT2D eigenvalue weighted by atomic mass is 79.9. The highest BCUT2D eigenvalue weighted by molar-refractivity contribution is 9.10. The lowest BCUT2D eigenvalue weighted by Crippen LogP contribution is -2.19. The van der Waals surface area contributed by atoms with Gasteiger partial charge in [0, 0.05) is 4.47 Å². The number of halogens is 1. The van der Waals surface area contributed by atoms with E-state index in [1.165, 1.54) is 15.9 Å². The maximum Gasteiger partial charge on any atom is 0.296 e. The fourth-order valence-electron chi connectivity index (χ4n) is 1.57. The lowest BCUT2D eigenvalue weighted by atomic mass is 10.3. The third-order valence-electron chi connectivity index (χ3n) is 2.57. The van der Waals surface area contributed by atoms with Crippen LogP contribution in [0.3, 0.4) is 0 Å². The van der Waals surface area contributed by atoms with Crippen molar-refractivity contribution < 1.29 is 4.74 Å². The molecule has 0 N–H and O–H groups in total. The molecule has 0 unspecified atom stereocenters. The third kappa shape index (κ3) is 2.56. The van der Waals surface area contributed by atoms with Crippen molar-refractivity contribution in [2.75, 3.05) is 0 Å². The van der Waals surface area contributed by atoms with Crippen LogP contribution in [0.4, 0.5) is 0 Å². The van der Waals surface area contributed by atoms with Crippen LogP contribution in [0.1, 0.15) is 10.7 Å². The number of hydrogen-bond acceptors (Lipinski definition) is 6. The lowest BCUT2D eigenvalue weighted by Gasteiger charge is -2.02. The normalized spacial score (nSPS) is 10.9. The van der Waals surface area contributed by atoms with Crippen LogP contribution in [0.5, 0.6) is 5.75 Å². The zero-order valence-corrected chi connectivity index (χ0v) is 12.8. The summed E-state index contributed by atoms with van der Waals surface area (Å²) in [4.78, 5) is 12.3. The Hall–Kier alpha value is -1.80. The van der Waals surface area contributed by atoms with Crippen LogP contribution >= 0.6 is 27.3 Å². The van der Waals surface area contributed by atoms with Crippen molar-refractivity contribution >= 4 is 32.2 Å². The number of rotatable bonds is 3. The van der Waals surface area contributed by atoms with Gasteiger partial charge in [-0.15, -0.1) is 10.2 Å². The van der Waals surface area contributed by atoms with Gasteiger partial charge in [0.25, 0.3) is 5.56 Å². The van der Waals surface area contributed by atoms with Crippen LogP contribution in [0, 0.1) is 6.92 Å². The number of ether oxygens (including phenoxy) is 1. The van der Waals surface area contributed by atoms with Gasteiger partial charge < -0.3 is 4.74 Å². The van der Waals surface area contributed by atoms with E-state index < -0.39 is 0 Å². The Balaban J connectivity index is 1.83. The molecule has 0 aliphatic rings. The van der Waals surface area contributed by atoms with E-state index in [4.69, 9.17) is 4.74 Å². The Morgan fingerprint density at radius 2 is 2.05 bits per heavy atom. The van der Waals surface area contributed by atoms with Gasteiger partial charge in [0.05, 0.1) is 0 Å². The van der Waals surface area contributed by atoms with Crippen LogP contribution in [-0.2, 0) is 6.61 Å². The predicted octanol–water partition coefficient (Wildman–Crippen LogP) is 2.20. The maximum atomic E-state index is 11.8. The number of fused-ring (bicyclic) bond motifs is 1. The molecule has 0 amide bonds. The van der Waals surface area contributed by atoms with Crippen LogP contribution in [0.2, 0.25) is 0 Å². The van der Waals surface area contributed by atoms with Gasteiger partial charge in [-0.05, 0) is 31.2 Å². The summed E-state index contributed by atoms with van der Waals surface area (Å²) in [6.07, 6.45) is 0. The monoisotopic (exact) mass is 352 g/mol. The Morgan fingerprint density at radius 1 is 1.30 bits per heavy atom. The number of nitrogens with zero attached hydrogens (tertiary/aromatic N) is 4. The molecule has 3 rings (SSSR count). The maximum absolute atomic E-state index is 11.8. The van der Waals surface area contributed by atoms with E-state index >= 15 is 0 Å². The third-order valence-corrected chi connectivity index (χ3v) is 3.97. The van der Waals surface area contributed by atoms with Crippen molar-refractivity contribution in [1.29, 1.82) is 0 Å². The topological polar surface area (TPSA) is 69.4 Å². The van der Waals surface area contributed by atoms with E-state index in [2.05, 4.69) is 31.2 Å². The van der Waals surface area contributed by atoms with Gasteiger partial charge in [0.2, 0.25) is 4.96 Å². The number of aryl methyl sites for hydroxylation is 1. The molecule has 2 aromatic heterocycles. The zero-order valence-electron chi connectivity index (χ0n) is 10.4. The van der Waals surface area contributed by atoms with Gasteiger partial charge >= 0.3 is 0 Å². The first-order valence-corrected chi connectivity index (χ1v) is 7.35. The Morgan fingerprint density at radius 3 is 2.80 bits per heavy atom. The summed E-state index contributed by atoms with van der Waals surface area (Å²) in [5, 5.41) is 12.6. The Bertz CT molecular complexity index is 812. The molecule has 0 saturated carbocycles. The Kier molecular flexibility index (Phi) is 3.49. The molecule has 8 heteroatoms. The summed E-state index contributed by atoms with van der Waals surface area (Å²) >= 11 is 4.65. The van der Waals surface area contributed by atoms with E-state index in [0.717, 1.165) is 10.2 Å². The molecule has 102 valence electrons. The predicted molar refractivity (Wildman–Crippen MR) is 78.1 cm³/mol.